The summed E-state index contributed by atoms with van der Waals surface area (Å²) in [5.74, 6) is -1.35. The van der Waals surface area contributed by atoms with Gasteiger partial charge in [-0.15, -0.1) is 18.5 Å². The number of carbonyl (C=O) groups is 4. The summed E-state index contributed by atoms with van der Waals surface area (Å²) in [6.07, 6.45) is -1.32. The van der Waals surface area contributed by atoms with Gasteiger partial charge in [-0.1, -0.05) is 0 Å². The van der Waals surface area contributed by atoms with Crippen LogP contribution in [0.3, 0.4) is 0 Å². The minimum absolute atomic E-state index is 0.209. The summed E-state index contributed by atoms with van der Waals surface area (Å²) in [6.45, 7) is 1.36. The normalized spacial score (nSPS) is 12.1. The van der Waals surface area contributed by atoms with Gasteiger partial charge in [-0.3, -0.25) is 14.4 Å². The van der Waals surface area contributed by atoms with Crippen LogP contribution in [0.25, 0.3) is 0 Å². The van der Waals surface area contributed by atoms with Crippen LogP contribution in [-0.4, -0.2) is 69.7 Å². The lowest BCUT2D eigenvalue weighted by Crippen LogP contribution is -2.43. The molecule has 9 nitrogen and oxygen atoms in total. The molecule has 0 spiro atoms. The van der Waals surface area contributed by atoms with Crippen molar-refractivity contribution in [2.24, 2.45) is 0 Å². The Bertz CT molecular complexity index is 407. The number of Topliss-reactive ketones (excluding diaryl/α,β-unsaturated/α-hetero) is 1. The lowest BCUT2D eigenvalue weighted by atomic mass is 10.4. The molecule has 0 aromatic rings. The molecule has 0 aliphatic heterocycles. The van der Waals surface area contributed by atoms with Crippen LogP contribution >= 0.6 is 18.5 Å². The van der Waals surface area contributed by atoms with Crippen molar-refractivity contribution in [2.75, 3.05) is 33.7 Å². The Morgan fingerprint density at radius 2 is 1.26 bits per heavy atom. The van der Waals surface area contributed by atoms with Crippen LogP contribution in [0.1, 0.15) is 6.92 Å². The molecular formula is C12H24N2O7P2. The number of carbonyl (C=O) groups excluding carboxylic acids is 4. The zero-order chi connectivity index (χ0) is 18.4. The number of hydrogen-bond acceptors (Lipinski definition) is 7. The van der Waals surface area contributed by atoms with Crippen LogP contribution in [0, 0.1) is 0 Å². The fourth-order valence-electron chi connectivity index (χ4n) is 1.06. The molecule has 0 aromatic heterocycles. The maximum Gasteiger partial charge on any atom is 0.356 e. The SMILES string of the molecule is COC(=O)C(NC(=O)CP)OC.COC(NC(=O)CP)C(C)=O. The number of ketones is 1. The standard InChI is InChI=1S/C6H12NO4P.C6H12NO3P/c1-10-5(6(9)11-2)7-4(8)3-12;1-4(8)6(10-2)7-5(9)3-11/h5H,3,12H2,1-2H3,(H,7,8);6H,3,11H2,1-2H3,(H,7,9). The zero-order valence-corrected chi connectivity index (χ0v) is 15.9. The second-order valence-corrected chi connectivity index (χ2v) is 4.73. The second-order valence-electron chi connectivity index (χ2n) is 3.91. The van der Waals surface area contributed by atoms with Gasteiger partial charge in [0, 0.05) is 26.5 Å². The van der Waals surface area contributed by atoms with E-state index in [2.05, 4.69) is 38.6 Å². The smallest absolute Gasteiger partial charge is 0.356 e. The summed E-state index contributed by atoms with van der Waals surface area (Å²) in [5.41, 5.74) is 0. The van der Waals surface area contributed by atoms with E-state index >= 15 is 0 Å². The predicted molar refractivity (Wildman–Crippen MR) is 89.7 cm³/mol. The highest BCUT2D eigenvalue weighted by atomic mass is 31.0. The molecule has 23 heavy (non-hydrogen) atoms. The number of methoxy groups -OCH3 is 3. The van der Waals surface area contributed by atoms with Crippen LogP contribution in [0.4, 0.5) is 0 Å². The molecule has 0 radical (unpaired) electrons. The lowest BCUT2D eigenvalue weighted by molar-refractivity contribution is -0.156. The summed E-state index contributed by atoms with van der Waals surface area (Å²) in [6, 6.07) is 0. The van der Waals surface area contributed by atoms with Crippen LogP contribution in [0.15, 0.2) is 0 Å². The highest BCUT2D eigenvalue weighted by molar-refractivity contribution is 7.18. The molecule has 0 fully saturated rings. The molecule has 0 aromatic carbocycles. The molecule has 0 heterocycles. The van der Waals surface area contributed by atoms with E-state index in [4.69, 9.17) is 4.74 Å². The Morgan fingerprint density at radius 3 is 1.52 bits per heavy atom. The Morgan fingerprint density at radius 1 is 0.870 bits per heavy atom. The number of ether oxygens (including phenoxy) is 3. The quantitative estimate of drug-likeness (QED) is 0.308. The molecule has 4 unspecified atom stereocenters. The summed E-state index contributed by atoms with van der Waals surface area (Å²) < 4.78 is 13.7. The molecule has 134 valence electrons. The fourth-order valence-corrected chi connectivity index (χ4v) is 1.29. The Hall–Kier alpha value is -1.14. The van der Waals surface area contributed by atoms with Crippen molar-refractivity contribution in [1.82, 2.24) is 10.6 Å². The van der Waals surface area contributed by atoms with Gasteiger partial charge >= 0.3 is 5.97 Å². The Labute approximate surface area is 140 Å². The molecule has 11 heteroatoms. The van der Waals surface area contributed by atoms with E-state index < -0.39 is 18.4 Å². The van der Waals surface area contributed by atoms with Gasteiger partial charge in [-0.25, -0.2) is 4.79 Å². The monoisotopic (exact) mass is 370 g/mol. The number of rotatable bonds is 8. The minimum Gasteiger partial charge on any atom is -0.466 e. The first-order chi connectivity index (χ1) is 10.8. The van der Waals surface area contributed by atoms with Gasteiger partial charge in [0.2, 0.25) is 18.0 Å². The molecular weight excluding hydrogens is 346 g/mol. The van der Waals surface area contributed by atoms with Crippen LogP contribution in [0.2, 0.25) is 0 Å². The van der Waals surface area contributed by atoms with Crippen LogP contribution < -0.4 is 10.6 Å². The second kappa shape index (κ2) is 14.5. The third-order valence-corrected chi connectivity index (χ3v) is 2.95. The maximum absolute atomic E-state index is 10.8. The molecule has 2 amide bonds. The highest BCUT2D eigenvalue weighted by Crippen LogP contribution is 1.90. The van der Waals surface area contributed by atoms with Crippen molar-refractivity contribution in [3.8, 4) is 0 Å². The topological polar surface area (TPSA) is 120 Å². The number of hydrogen-bond donors (Lipinski definition) is 2. The Balaban J connectivity index is 0. The van der Waals surface area contributed by atoms with E-state index in [9.17, 15) is 19.2 Å². The zero-order valence-electron chi connectivity index (χ0n) is 13.6. The minimum atomic E-state index is -1.01. The fraction of sp³-hybridized carbons (Fsp3) is 0.667. The van der Waals surface area contributed by atoms with Crippen molar-refractivity contribution in [3.63, 3.8) is 0 Å². The average Bonchev–Trinajstić information content (AvgIpc) is 2.56. The molecule has 0 rings (SSSR count). The Kier molecular flexibility index (Phi) is 15.2. The van der Waals surface area contributed by atoms with Gasteiger partial charge in [-0.05, 0) is 6.92 Å². The summed E-state index contributed by atoms with van der Waals surface area (Å²) in [7, 11) is 8.39. The van der Waals surface area contributed by atoms with E-state index in [1.807, 2.05) is 0 Å². The number of esters is 1. The van der Waals surface area contributed by atoms with Crippen molar-refractivity contribution in [3.05, 3.63) is 0 Å². The molecule has 0 saturated heterocycles. The molecule has 0 saturated carbocycles. The van der Waals surface area contributed by atoms with E-state index in [0.29, 0.717) is 0 Å². The van der Waals surface area contributed by atoms with Crippen LogP contribution in [-0.2, 0) is 33.4 Å². The molecule has 0 aliphatic rings. The van der Waals surface area contributed by atoms with Crippen molar-refractivity contribution in [2.45, 2.75) is 19.4 Å². The largest absolute Gasteiger partial charge is 0.466 e. The highest BCUT2D eigenvalue weighted by Gasteiger charge is 2.19. The summed E-state index contributed by atoms with van der Waals surface area (Å²) >= 11 is 0. The first-order valence-corrected chi connectivity index (χ1v) is 8.03. The average molecular weight is 370 g/mol. The van der Waals surface area contributed by atoms with Gasteiger partial charge in [0.1, 0.15) is 0 Å². The van der Waals surface area contributed by atoms with Gasteiger partial charge < -0.3 is 24.8 Å². The van der Waals surface area contributed by atoms with E-state index in [0.717, 1.165) is 0 Å². The van der Waals surface area contributed by atoms with E-state index in [1.54, 1.807) is 0 Å². The lowest BCUT2D eigenvalue weighted by Gasteiger charge is -2.13. The number of nitrogens with one attached hydrogen (secondary N) is 2. The van der Waals surface area contributed by atoms with Gasteiger partial charge in [0.05, 0.1) is 7.11 Å². The van der Waals surface area contributed by atoms with Crippen LogP contribution in [0.5, 0.6) is 0 Å². The van der Waals surface area contributed by atoms with E-state index in [-0.39, 0.29) is 29.9 Å². The first-order valence-electron chi connectivity index (χ1n) is 6.40. The maximum atomic E-state index is 10.8. The molecule has 4 atom stereocenters. The van der Waals surface area contributed by atoms with E-state index in [1.165, 1.54) is 28.3 Å². The summed E-state index contributed by atoms with van der Waals surface area (Å²) in [4.78, 5) is 43.0. The van der Waals surface area contributed by atoms with Gasteiger partial charge in [0.25, 0.3) is 0 Å². The third kappa shape index (κ3) is 12.0. The third-order valence-electron chi connectivity index (χ3n) is 2.21. The first kappa shape index (κ1) is 24.1. The molecule has 2 N–H and O–H groups in total. The van der Waals surface area contributed by atoms with Crippen molar-refractivity contribution in [1.29, 1.82) is 0 Å². The number of amides is 2. The summed E-state index contributed by atoms with van der Waals surface area (Å²) in [5, 5.41) is 4.69. The molecule has 0 bridgehead atoms. The van der Waals surface area contributed by atoms with Crippen molar-refractivity contribution < 1.29 is 33.4 Å². The predicted octanol–water partition coefficient (Wildman–Crippen LogP) is -1.34. The molecule has 0 aliphatic carbocycles. The van der Waals surface area contributed by atoms with Crippen molar-refractivity contribution >= 4 is 42.0 Å². The van der Waals surface area contributed by atoms with Gasteiger partial charge in [-0.2, -0.15) is 0 Å². The van der Waals surface area contributed by atoms with Gasteiger partial charge in [0.15, 0.2) is 12.0 Å².